The Kier molecular flexibility index (Phi) is 8.62. The molecule has 0 aliphatic carbocycles. The number of urea groups is 1. The Hall–Kier alpha value is -4.30. The number of carbonyl (C=O) groups excluding carboxylic acids is 2. The highest BCUT2D eigenvalue weighted by atomic mass is 16.2. The van der Waals surface area contributed by atoms with Gasteiger partial charge in [0.05, 0.1) is 0 Å². The van der Waals surface area contributed by atoms with Crippen molar-refractivity contribution in [3.8, 4) is 0 Å². The van der Waals surface area contributed by atoms with Gasteiger partial charge >= 0.3 is 6.03 Å². The number of anilines is 2. The maximum Gasteiger partial charge on any atom is 0.318 e. The summed E-state index contributed by atoms with van der Waals surface area (Å²) in [6.07, 6.45) is 3.31. The number of hydrogen-bond donors (Lipinski definition) is 2. The van der Waals surface area contributed by atoms with Gasteiger partial charge in [-0.2, -0.15) is 0 Å². The van der Waals surface area contributed by atoms with Crippen molar-refractivity contribution in [3.63, 3.8) is 0 Å². The van der Waals surface area contributed by atoms with Crippen molar-refractivity contribution in [1.82, 2.24) is 20.1 Å². The van der Waals surface area contributed by atoms with Gasteiger partial charge in [-0.3, -0.25) is 4.79 Å². The molecular formula is C36H44N6O2. The van der Waals surface area contributed by atoms with E-state index in [4.69, 9.17) is 0 Å². The number of carbonyl (C=O) groups is 2. The molecule has 0 bridgehead atoms. The molecule has 1 saturated heterocycles. The zero-order valence-corrected chi connectivity index (χ0v) is 26.3. The van der Waals surface area contributed by atoms with E-state index in [-0.39, 0.29) is 11.9 Å². The Labute approximate surface area is 260 Å². The Morgan fingerprint density at radius 2 is 1.70 bits per heavy atom. The molecule has 8 heteroatoms. The molecule has 3 heterocycles. The topological polar surface area (TPSA) is 74.9 Å². The van der Waals surface area contributed by atoms with Crippen molar-refractivity contribution in [2.24, 2.45) is 5.92 Å². The van der Waals surface area contributed by atoms with Crippen LogP contribution in [-0.2, 0) is 17.6 Å². The molecule has 1 fully saturated rings. The highest BCUT2D eigenvalue weighted by molar-refractivity contribution is 6.00. The zero-order chi connectivity index (χ0) is 30.8. The fraction of sp³-hybridized carbons (Fsp3) is 0.389. The average molecular weight is 593 g/mol. The zero-order valence-electron chi connectivity index (χ0n) is 26.3. The Morgan fingerprint density at radius 3 is 2.50 bits per heavy atom. The molecule has 44 heavy (non-hydrogen) atoms. The average Bonchev–Trinajstić information content (AvgIpc) is 3.43. The largest absolute Gasteiger partial charge is 0.368 e. The molecule has 4 aromatic rings. The number of nitrogens with one attached hydrogen (secondary N) is 2. The smallest absolute Gasteiger partial charge is 0.318 e. The van der Waals surface area contributed by atoms with Crippen LogP contribution >= 0.6 is 0 Å². The molecule has 1 aromatic heterocycles. The van der Waals surface area contributed by atoms with Crippen molar-refractivity contribution < 1.29 is 9.59 Å². The summed E-state index contributed by atoms with van der Waals surface area (Å²) in [6.45, 7) is 8.48. The first-order valence-electron chi connectivity index (χ1n) is 15.7. The number of H-pyrrole nitrogens is 1. The van der Waals surface area contributed by atoms with Crippen LogP contribution in [0, 0.1) is 19.8 Å². The van der Waals surface area contributed by atoms with Crippen LogP contribution in [0.4, 0.5) is 16.2 Å². The number of fused-ring (bicyclic) bond motifs is 2. The number of amides is 3. The summed E-state index contributed by atoms with van der Waals surface area (Å²) in [5.41, 5.74) is 7.88. The second-order valence-electron chi connectivity index (χ2n) is 12.7. The number of para-hydroxylation sites is 2. The van der Waals surface area contributed by atoms with E-state index in [9.17, 15) is 9.59 Å². The SMILES string of the molecule is Cc1ccc(C)c(N2CCN(C(=O)NC(Cc3c[nH]c4ccccc34)C(=O)N3CC(CN(C)C)Cc4ccccc43)CC2)c1. The normalized spacial score (nSPS) is 17.6. The van der Waals surface area contributed by atoms with Crippen LogP contribution < -0.4 is 15.1 Å². The molecule has 3 aromatic carbocycles. The first-order valence-corrected chi connectivity index (χ1v) is 15.7. The Balaban J connectivity index is 1.24. The summed E-state index contributed by atoms with van der Waals surface area (Å²) in [5.74, 6) is 0.250. The van der Waals surface area contributed by atoms with Gasteiger partial charge in [0.15, 0.2) is 0 Å². The number of piperazine rings is 1. The van der Waals surface area contributed by atoms with E-state index < -0.39 is 6.04 Å². The van der Waals surface area contributed by atoms with Crippen LogP contribution in [0.25, 0.3) is 10.9 Å². The molecule has 2 aliphatic heterocycles. The second kappa shape index (κ2) is 12.7. The fourth-order valence-electron chi connectivity index (χ4n) is 6.89. The molecule has 6 rings (SSSR count). The van der Waals surface area contributed by atoms with E-state index in [2.05, 4.69) is 78.4 Å². The van der Waals surface area contributed by atoms with E-state index in [1.54, 1.807) is 0 Å². The predicted octanol–water partition coefficient (Wildman–Crippen LogP) is 4.99. The molecular weight excluding hydrogens is 548 g/mol. The van der Waals surface area contributed by atoms with E-state index in [1.165, 1.54) is 22.4 Å². The Bertz CT molecular complexity index is 1640. The first kappa shape index (κ1) is 29.8. The van der Waals surface area contributed by atoms with E-state index in [0.29, 0.717) is 32.0 Å². The molecule has 2 aliphatic rings. The van der Waals surface area contributed by atoms with Gasteiger partial charge in [0, 0.05) is 74.2 Å². The molecule has 8 nitrogen and oxygen atoms in total. The molecule has 0 spiro atoms. The molecule has 2 unspecified atom stereocenters. The van der Waals surface area contributed by atoms with Crippen LogP contribution in [0.5, 0.6) is 0 Å². The molecule has 2 atom stereocenters. The summed E-state index contributed by atoms with van der Waals surface area (Å²) in [4.78, 5) is 40.0. The second-order valence-corrected chi connectivity index (χ2v) is 12.7. The van der Waals surface area contributed by atoms with Crippen LogP contribution in [0.15, 0.2) is 72.9 Å². The molecule has 0 saturated carbocycles. The maximum absolute atomic E-state index is 14.5. The molecule has 230 valence electrons. The fourth-order valence-corrected chi connectivity index (χ4v) is 6.89. The van der Waals surface area contributed by atoms with Gasteiger partial charge in [0.1, 0.15) is 6.04 Å². The van der Waals surface area contributed by atoms with Crippen molar-refractivity contribution in [2.45, 2.75) is 32.7 Å². The maximum atomic E-state index is 14.5. The number of aryl methyl sites for hydroxylation is 2. The standard InChI is InChI=1S/C36H44N6O2/c1-25-13-14-26(2)34(19-25)40-15-17-41(18-16-40)36(44)38-32(21-29-22-37-31-11-7-6-10-30(29)31)35(43)42-24-27(23-39(3)4)20-28-9-5-8-12-33(28)42/h5-14,19,22,27,32,37H,15-18,20-21,23-24H2,1-4H3,(H,38,44). The number of aromatic nitrogens is 1. The third-order valence-corrected chi connectivity index (χ3v) is 9.09. The van der Waals surface area contributed by atoms with E-state index >= 15 is 0 Å². The van der Waals surface area contributed by atoms with Crippen molar-refractivity contribution in [2.75, 3.05) is 63.2 Å². The number of rotatable bonds is 7. The monoisotopic (exact) mass is 592 g/mol. The van der Waals surface area contributed by atoms with Gasteiger partial charge in [0.25, 0.3) is 0 Å². The van der Waals surface area contributed by atoms with Gasteiger partial charge in [0.2, 0.25) is 5.91 Å². The summed E-state index contributed by atoms with van der Waals surface area (Å²) in [6, 6.07) is 22.0. The predicted molar refractivity (Wildman–Crippen MR) is 179 cm³/mol. The van der Waals surface area contributed by atoms with E-state index in [1.807, 2.05) is 52.4 Å². The van der Waals surface area contributed by atoms with Gasteiger partial charge < -0.3 is 29.9 Å². The van der Waals surface area contributed by atoms with Crippen molar-refractivity contribution in [1.29, 1.82) is 0 Å². The van der Waals surface area contributed by atoms with Gasteiger partial charge in [-0.1, -0.05) is 48.5 Å². The summed E-state index contributed by atoms with van der Waals surface area (Å²) < 4.78 is 0. The summed E-state index contributed by atoms with van der Waals surface area (Å²) in [7, 11) is 4.15. The van der Waals surface area contributed by atoms with Crippen molar-refractivity contribution in [3.05, 3.63) is 95.2 Å². The quantitative estimate of drug-likeness (QED) is 0.317. The van der Waals surface area contributed by atoms with Crippen LogP contribution in [-0.4, -0.2) is 86.1 Å². The van der Waals surface area contributed by atoms with Gasteiger partial charge in [-0.15, -0.1) is 0 Å². The van der Waals surface area contributed by atoms with E-state index in [0.717, 1.165) is 48.2 Å². The first-order chi connectivity index (χ1) is 21.3. The van der Waals surface area contributed by atoms with Crippen LogP contribution in [0.3, 0.4) is 0 Å². The highest BCUT2D eigenvalue weighted by Gasteiger charge is 2.35. The lowest BCUT2D eigenvalue weighted by molar-refractivity contribution is -0.120. The number of nitrogens with zero attached hydrogens (tertiary/aromatic N) is 4. The molecule has 0 radical (unpaired) electrons. The lowest BCUT2D eigenvalue weighted by atomic mass is 9.91. The van der Waals surface area contributed by atoms with Crippen LogP contribution in [0.2, 0.25) is 0 Å². The minimum absolute atomic E-state index is 0.0615. The minimum Gasteiger partial charge on any atom is -0.368 e. The van der Waals surface area contributed by atoms with Crippen LogP contribution in [0.1, 0.15) is 22.3 Å². The lowest BCUT2D eigenvalue weighted by Crippen LogP contribution is -2.58. The number of aromatic amines is 1. The third-order valence-electron chi connectivity index (χ3n) is 9.09. The minimum atomic E-state index is -0.704. The summed E-state index contributed by atoms with van der Waals surface area (Å²) >= 11 is 0. The Morgan fingerprint density at radius 1 is 0.955 bits per heavy atom. The highest BCUT2D eigenvalue weighted by Crippen LogP contribution is 2.31. The third kappa shape index (κ3) is 6.31. The lowest BCUT2D eigenvalue weighted by Gasteiger charge is -2.39. The number of hydrogen-bond acceptors (Lipinski definition) is 4. The molecule has 2 N–H and O–H groups in total. The van der Waals surface area contributed by atoms with Gasteiger partial charge in [-0.25, -0.2) is 4.79 Å². The molecule has 3 amide bonds. The number of benzene rings is 3. The summed E-state index contributed by atoms with van der Waals surface area (Å²) in [5, 5.41) is 4.28. The van der Waals surface area contributed by atoms with Gasteiger partial charge in [-0.05, 0) is 80.7 Å². The van der Waals surface area contributed by atoms with Crippen molar-refractivity contribution >= 4 is 34.2 Å².